The van der Waals surface area contributed by atoms with Crippen LogP contribution in [0.25, 0.3) is 0 Å². The Morgan fingerprint density at radius 2 is 1.83 bits per heavy atom. The molecule has 124 valence electrons. The Morgan fingerprint density at radius 3 is 2.48 bits per heavy atom. The second-order valence-corrected chi connectivity index (χ2v) is 8.82. The number of rotatable bonds is 2. The van der Waals surface area contributed by atoms with Crippen LogP contribution < -0.4 is 5.32 Å². The maximum Gasteiger partial charge on any atom is 0.248 e. The van der Waals surface area contributed by atoms with Gasteiger partial charge in [0, 0.05) is 13.0 Å². The Hall–Kier alpha value is -1.39. The molecular weight excluding hydrogens is 288 g/mol. The standard InChI is InChI=1S/C18H26N4O/c1-11-2-3-22-15(4-11)19-17(21-22)20-16(23)18-8-12-5-13(9-18)7-14(6-12)10-18/h11-14H,2-10H2,1H3,(H,20,21,23). The average Bonchev–Trinajstić information content (AvgIpc) is 2.87. The first kappa shape index (κ1) is 14.0. The predicted octanol–water partition coefficient (Wildman–Crippen LogP) is 3.02. The first-order chi connectivity index (χ1) is 11.1. The summed E-state index contributed by atoms with van der Waals surface area (Å²) in [4.78, 5) is 17.6. The van der Waals surface area contributed by atoms with Crippen LogP contribution in [0.5, 0.6) is 0 Å². The van der Waals surface area contributed by atoms with Gasteiger partial charge in [0.2, 0.25) is 11.9 Å². The van der Waals surface area contributed by atoms with Gasteiger partial charge in [-0.15, -0.1) is 5.10 Å². The third-order valence-corrected chi connectivity index (χ3v) is 6.86. The van der Waals surface area contributed by atoms with Crippen molar-refractivity contribution in [3.8, 4) is 0 Å². The average molecular weight is 314 g/mol. The van der Waals surface area contributed by atoms with Crippen LogP contribution in [0.1, 0.15) is 57.7 Å². The summed E-state index contributed by atoms with van der Waals surface area (Å²) in [6.07, 6.45) is 9.49. The number of hydrogen-bond donors (Lipinski definition) is 1. The number of amides is 1. The zero-order valence-corrected chi connectivity index (χ0v) is 13.9. The molecule has 4 bridgehead atoms. The van der Waals surface area contributed by atoms with Gasteiger partial charge in [0.15, 0.2) is 0 Å². The normalized spacial score (nSPS) is 40.9. The van der Waals surface area contributed by atoms with E-state index in [9.17, 15) is 4.79 Å². The van der Waals surface area contributed by atoms with Gasteiger partial charge in [0.25, 0.3) is 0 Å². The second kappa shape index (κ2) is 4.81. The Kier molecular flexibility index (Phi) is 2.92. The lowest BCUT2D eigenvalue weighted by atomic mass is 9.49. The number of fused-ring (bicyclic) bond motifs is 1. The van der Waals surface area contributed by atoms with Crippen LogP contribution in [0.4, 0.5) is 5.95 Å². The Balaban J connectivity index is 1.36. The minimum atomic E-state index is -0.117. The molecule has 5 heteroatoms. The molecule has 1 unspecified atom stereocenters. The van der Waals surface area contributed by atoms with E-state index in [4.69, 9.17) is 0 Å². The van der Waals surface area contributed by atoms with E-state index in [1.807, 2.05) is 4.68 Å². The monoisotopic (exact) mass is 314 g/mol. The number of aromatic nitrogens is 3. The zero-order chi connectivity index (χ0) is 15.6. The lowest BCUT2D eigenvalue weighted by Crippen LogP contribution is -2.51. The van der Waals surface area contributed by atoms with Crippen LogP contribution >= 0.6 is 0 Å². The van der Waals surface area contributed by atoms with Crippen LogP contribution in [-0.2, 0) is 17.8 Å². The van der Waals surface area contributed by atoms with Crippen molar-refractivity contribution in [3.63, 3.8) is 0 Å². The van der Waals surface area contributed by atoms with Crippen molar-refractivity contribution < 1.29 is 4.79 Å². The Morgan fingerprint density at radius 1 is 1.17 bits per heavy atom. The molecule has 6 rings (SSSR count). The molecule has 0 aromatic carbocycles. The van der Waals surface area contributed by atoms with Crippen LogP contribution in [0.3, 0.4) is 0 Å². The highest BCUT2D eigenvalue weighted by atomic mass is 16.2. The van der Waals surface area contributed by atoms with Crippen molar-refractivity contribution in [1.29, 1.82) is 0 Å². The largest absolute Gasteiger partial charge is 0.293 e. The summed E-state index contributed by atoms with van der Waals surface area (Å²) in [6.45, 7) is 3.18. The van der Waals surface area contributed by atoms with Crippen LogP contribution in [0.15, 0.2) is 0 Å². The first-order valence-corrected chi connectivity index (χ1v) is 9.35. The molecule has 4 aliphatic carbocycles. The lowest BCUT2D eigenvalue weighted by Gasteiger charge is -2.55. The number of aryl methyl sites for hydroxylation is 1. The summed E-state index contributed by atoms with van der Waals surface area (Å²) >= 11 is 0. The van der Waals surface area contributed by atoms with E-state index in [2.05, 4.69) is 22.3 Å². The molecule has 5 nitrogen and oxygen atoms in total. The van der Waals surface area contributed by atoms with E-state index in [-0.39, 0.29) is 11.3 Å². The fraction of sp³-hybridized carbons (Fsp3) is 0.833. The number of nitrogens with zero attached hydrogens (tertiary/aromatic N) is 3. The summed E-state index contributed by atoms with van der Waals surface area (Å²) in [5.41, 5.74) is -0.117. The highest BCUT2D eigenvalue weighted by Gasteiger charge is 2.54. The van der Waals surface area contributed by atoms with Crippen LogP contribution in [0.2, 0.25) is 0 Å². The van der Waals surface area contributed by atoms with Crippen LogP contribution in [-0.4, -0.2) is 20.7 Å². The van der Waals surface area contributed by atoms with Gasteiger partial charge in [-0.3, -0.25) is 10.1 Å². The first-order valence-electron chi connectivity index (χ1n) is 9.35. The highest BCUT2D eigenvalue weighted by Crippen LogP contribution is 2.60. The fourth-order valence-corrected chi connectivity index (χ4v) is 6.14. The van der Waals surface area contributed by atoms with Gasteiger partial charge >= 0.3 is 0 Å². The molecule has 23 heavy (non-hydrogen) atoms. The van der Waals surface area contributed by atoms with Crippen molar-refractivity contribution >= 4 is 11.9 Å². The van der Waals surface area contributed by atoms with E-state index >= 15 is 0 Å². The van der Waals surface area contributed by atoms with E-state index in [1.54, 1.807) is 0 Å². The quantitative estimate of drug-likeness (QED) is 0.913. The molecule has 5 aliphatic rings. The Bertz CT molecular complexity index is 614. The third-order valence-electron chi connectivity index (χ3n) is 6.86. The summed E-state index contributed by atoms with van der Waals surface area (Å²) in [5.74, 6) is 4.80. The summed E-state index contributed by atoms with van der Waals surface area (Å²) < 4.78 is 1.98. The number of nitrogens with one attached hydrogen (secondary N) is 1. The molecule has 4 saturated carbocycles. The van der Waals surface area contributed by atoms with E-state index in [0.29, 0.717) is 11.9 Å². The topological polar surface area (TPSA) is 59.8 Å². The number of anilines is 1. The molecular formula is C18H26N4O. The molecule has 4 fully saturated rings. The molecule has 1 N–H and O–H groups in total. The van der Waals surface area contributed by atoms with Gasteiger partial charge in [-0.25, -0.2) is 4.68 Å². The molecule has 0 saturated heterocycles. The molecule has 1 aliphatic heterocycles. The Labute approximate surface area is 137 Å². The van der Waals surface area contributed by atoms with Gasteiger partial charge in [0.1, 0.15) is 5.82 Å². The van der Waals surface area contributed by atoms with E-state index in [1.165, 1.54) is 19.3 Å². The van der Waals surface area contributed by atoms with Gasteiger partial charge in [-0.2, -0.15) is 4.98 Å². The maximum atomic E-state index is 13.0. The minimum Gasteiger partial charge on any atom is -0.293 e. The zero-order valence-electron chi connectivity index (χ0n) is 13.9. The van der Waals surface area contributed by atoms with Gasteiger partial charge in [-0.05, 0) is 68.6 Å². The second-order valence-electron chi connectivity index (χ2n) is 8.82. The molecule has 2 heterocycles. The molecule has 0 radical (unpaired) electrons. The maximum absolute atomic E-state index is 13.0. The number of hydrogen-bond acceptors (Lipinski definition) is 3. The lowest BCUT2D eigenvalue weighted by molar-refractivity contribution is -0.140. The van der Waals surface area contributed by atoms with Gasteiger partial charge in [-0.1, -0.05) is 6.92 Å². The van der Waals surface area contributed by atoms with Crippen molar-refractivity contribution in [2.45, 2.75) is 64.8 Å². The number of carbonyl (C=O) groups excluding carboxylic acids is 1. The highest BCUT2D eigenvalue weighted by molar-refractivity contribution is 5.94. The smallest absolute Gasteiger partial charge is 0.248 e. The number of carbonyl (C=O) groups is 1. The molecule has 0 spiro atoms. The SMILES string of the molecule is CC1CCn2nc(NC(=O)C34CC5CC(CC(C5)C3)C4)nc2C1. The van der Waals surface area contributed by atoms with Crippen molar-refractivity contribution in [1.82, 2.24) is 14.8 Å². The van der Waals surface area contributed by atoms with E-state index < -0.39 is 0 Å². The molecule has 1 amide bonds. The van der Waals surface area contributed by atoms with Crippen molar-refractivity contribution in [2.24, 2.45) is 29.1 Å². The summed E-state index contributed by atoms with van der Waals surface area (Å²) in [5, 5.41) is 7.62. The van der Waals surface area contributed by atoms with Gasteiger partial charge in [0.05, 0.1) is 5.41 Å². The third kappa shape index (κ3) is 2.23. The van der Waals surface area contributed by atoms with E-state index in [0.717, 1.165) is 62.2 Å². The van der Waals surface area contributed by atoms with Crippen molar-refractivity contribution in [2.75, 3.05) is 5.32 Å². The van der Waals surface area contributed by atoms with Crippen LogP contribution in [0, 0.1) is 29.1 Å². The molecule has 1 atom stereocenters. The fourth-order valence-electron chi connectivity index (χ4n) is 6.14. The van der Waals surface area contributed by atoms with Gasteiger partial charge < -0.3 is 0 Å². The molecule has 1 aromatic heterocycles. The molecule has 1 aromatic rings. The predicted molar refractivity (Wildman–Crippen MR) is 86.7 cm³/mol. The summed E-state index contributed by atoms with van der Waals surface area (Å²) in [6, 6.07) is 0. The summed E-state index contributed by atoms with van der Waals surface area (Å²) in [7, 11) is 0. The minimum absolute atomic E-state index is 0.117. The van der Waals surface area contributed by atoms with Crippen molar-refractivity contribution in [3.05, 3.63) is 5.82 Å².